The van der Waals surface area contributed by atoms with Crippen LogP contribution in [0.2, 0.25) is 0 Å². The molecule has 10 heteroatoms. The van der Waals surface area contributed by atoms with E-state index in [1.165, 1.54) is 16.8 Å². The van der Waals surface area contributed by atoms with Crippen molar-refractivity contribution in [2.45, 2.75) is 10.1 Å². The zero-order chi connectivity index (χ0) is 17.3. The quantitative estimate of drug-likeness (QED) is 0.546. The van der Waals surface area contributed by atoms with Crippen LogP contribution in [0.5, 0.6) is 0 Å². The van der Waals surface area contributed by atoms with Crippen LogP contribution < -0.4 is 5.48 Å². The van der Waals surface area contributed by atoms with Gasteiger partial charge in [0.15, 0.2) is 11.0 Å². The molecule has 0 aliphatic carbocycles. The molecule has 2 heterocycles. The smallest absolute Gasteiger partial charge is 0.274 e. The van der Waals surface area contributed by atoms with Gasteiger partial charge in [-0.2, -0.15) is 0 Å². The first-order valence-electron chi connectivity index (χ1n) is 6.56. The second kappa shape index (κ2) is 6.67. The number of carbonyl (C=O) groups excluding carboxylic acids is 1. The van der Waals surface area contributed by atoms with E-state index < -0.39 is 17.5 Å². The van der Waals surface area contributed by atoms with Gasteiger partial charge < -0.3 is 4.57 Å². The number of halogens is 2. The number of benzene rings is 1. The van der Waals surface area contributed by atoms with E-state index in [1.807, 2.05) is 17.5 Å². The lowest BCUT2D eigenvalue weighted by atomic mass is 10.2. The fourth-order valence-electron chi connectivity index (χ4n) is 1.97. The number of nitrogens with one attached hydrogen (secondary N) is 1. The number of aromatic nitrogens is 3. The molecule has 0 bridgehead atoms. The van der Waals surface area contributed by atoms with Crippen LogP contribution in [0.1, 0.15) is 10.4 Å². The molecule has 3 rings (SSSR count). The molecule has 1 aromatic carbocycles. The summed E-state index contributed by atoms with van der Waals surface area (Å²) in [5.74, 6) is -2.27. The van der Waals surface area contributed by atoms with E-state index >= 15 is 0 Å². The van der Waals surface area contributed by atoms with Crippen LogP contribution in [0.3, 0.4) is 0 Å². The largest absolute Gasteiger partial charge is 0.304 e. The van der Waals surface area contributed by atoms with Crippen molar-refractivity contribution in [3.8, 4) is 10.7 Å². The number of carbonyl (C=O) groups is 1. The van der Waals surface area contributed by atoms with Crippen molar-refractivity contribution in [2.24, 2.45) is 7.05 Å². The summed E-state index contributed by atoms with van der Waals surface area (Å²) in [4.78, 5) is 11.8. The fourth-order valence-corrected chi connectivity index (χ4v) is 3.51. The van der Waals surface area contributed by atoms with Gasteiger partial charge in [0.05, 0.1) is 9.77 Å². The average Bonchev–Trinajstić information content (AvgIpc) is 3.20. The molecule has 0 aliphatic heterocycles. The Morgan fingerprint density at radius 3 is 2.62 bits per heavy atom. The van der Waals surface area contributed by atoms with E-state index in [2.05, 4.69) is 10.2 Å². The molecule has 2 aromatic heterocycles. The Morgan fingerprint density at radius 2 is 2.04 bits per heavy atom. The van der Waals surface area contributed by atoms with E-state index in [9.17, 15) is 13.6 Å². The average molecular weight is 368 g/mol. The molecule has 124 valence electrons. The summed E-state index contributed by atoms with van der Waals surface area (Å²) in [5, 5.41) is 18.7. The lowest BCUT2D eigenvalue weighted by Gasteiger charge is -2.07. The number of nitrogens with zero attached hydrogens (tertiary/aromatic N) is 3. The maximum Gasteiger partial charge on any atom is 0.274 e. The SMILES string of the molecule is Cn1c(Sc2c(F)cc(C(=O)NO)cc2F)nnc1-c1cccs1. The van der Waals surface area contributed by atoms with Gasteiger partial charge in [0.2, 0.25) is 0 Å². The minimum Gasteiger partial charge on any atom is -0.304 e. The first-order chi connectivity index (χ1) is 11.5. The topological polar surface area (TPSA) is 80.0 Å². The molecule has 3 aromatic rings. The Kier molecular flexibility index (Phi) is 4.60. The molecule has 1 amide bonds. The minimum atomic E-state index is -0.997. The maximum absolute atomic E-state index is 14.1. The molecule has 0 aliphatic rings. The second-order valence-corrected chi connectivity index (χ2v) is 6.58. The van der Waals surface area contributed by atoms with Gasteiger partial charge in [0.25, 0.3) is 5.91 Å². The normalized spacial score (nSPS) is 10.8. The Balaban J connectivity index is 1.94. The molecule has 0 saturated heterocycles. The number of rotatable bonds is 4. The number of hydroxylamine groups is 1. The molecule has 24 heavy (non-hydrogen) atoms. The number of hydrogen-bond donors (Lipinski definition) is 2. The van der Waals surface area contributed by atoms with Crippen LogP contribution in [-0.2, 0) is 7.05 Å². The summed E-state index contributed by atoms with van der Waals surface area (Å²) >= 11 is 2.24. The van der Waals surface area contributed by atoms with Crippen molar-refractivity contribution < 1.29 is 18.8 Å². The van der Waals surface area contributed by atoms with Crippen molar-refractivity contribution >= 4 is 29.0 Å². The first kappa shape index (κ1) is 16.6. The third kappa shape index (κ3) is 3.03. The lowest BCUT2D eigenvalue weighted by Crippen LogP contribution is -2.19. The molecule has 0 saturated carbocycles. The summed E-state index contributed by atoms with van der Waals surface area (Å²) < 4.78 is 29.9. The van der Waals surface area contributed by atoms with Crippen molar-refractivity contribution in [3.05, 3.63) is 46.8 Å². The summed E-state index contributed by atoms with van der Waals surface area (Å²) in [6, 6.07) is 5.42. The minimum absolute atomic E-state index is 0.301. The van der Waals surface area contributed by atoms with Gasteiger partial charge in [-0.25, -0.2) is 14.3 Å². The van der Waals surface area contributed by atoms with Gasteiger partial charge in [-0.1, -0.05) is 6.07 Å². The Morgan fingerprint density at radius 1 is 1.33 bits per heavy atom. The predicted molar refractivity (Wildman–Crippen MR) is 84.0 cm³/mol. The van der Waals surface area contributed by atoms with E-state index in [-0.39, 0.29) is 10.5 Å². The van der Waals surface area contributed by atoms with Crippen molar-refractivity contribution in [1.29, 1.82) is 0 Å². The van der Waals surface area contributed by atoms with Crippen LogP contribution in [0.4, 0.5) is 8.78 Å². The highest BCUT2D eigenvalue weighted by molar-refractivity contribution is 7.99. The van der Waals surface area contributed by atoms with Gasteiger partial charge in [0.1, 0.15) is 11.6 Å². The number of hydrogen-bond acceptors (Lipinski definition) is 6. The molecule has 0 spiro atoms. The van der Waals surface area contributed by atoms with Gasteiger partial charge in [-0.15, -0.1) is 21.5 Å². The monoisotopic (exact) mass is 368 g/mol. The van der Waals surface area contributed by atoms with Gasteiger partial charge in [-0.3, -0.25) is 10.0 Å². The molecule has 6 nitrogen and oxygen atoms in total. The Labute approximate surface area is 143 Å². The van der Waals surface area contributed by atoms with Crippen molar-refractivity contribution in [3.63, 3.8) is 0 Å². The van der Waals surface area contributed by atoms with E-state index in [0.29, 0.717) is 11.0 Å². The standard InChI is InChI=1S/C14H10F2N4O2S2/c1-20-12(10-3-2-4-23-10)17-18-14(20)24-11-8(15)5-7(6-9(11)16)13(21)19-22/h2-6,22H,1H3,(H,19,21). The summed E-state index contributed by atoms with van der Waals surface area (Å²) in [7, 11) is 1.70. The maximum atomic E-state index is 14.1. The Hall–Kier alpha value is -2.30. The van der Waals surface area contributed by atoms with Crippen LogP contribution >= 0.6 is 23.1 Å². The summed E-state index contributed by atoms with van der Waals surface area (Å²) in [6.07, 6.45) is 0. The molecular formula is C14H10F2N4O2S2. The van der Waals surface area contributed by atoms with Gasteiger partial charge in [-0.05, 0) is 35.3 Å². The van der Waals surface area contributed by atoms with Crippen molar-refractivity contribution in [2.75, 3.05) is 0 Å². The third-order valence-corrected chi connectivity index (χ3v) is 5.13. The van der Waals surface area contributed by atoms with Gasteiger partial charge in [0, 0.05) is 12.6 Å². The fraction of sp³-hybridized carbons (Fsp3) is 0.0714. The molecule has 2 N–H and O–H groups in total. The van der Waals surface area contributed by atoms with Crippen LogP contribution in [-0.4, -0.2) is 25.9 Å². The van der Waals surface area contributed by atoms with E-state index in [0.717, 1.165) is 28.8 Å². The summed E-state index contributed by atoms with van der Waals surface area (Å²) in [5.41, 5.74) is 1.00. The van der Waals surface area contributed by atoms with Crippen molar-refractivity contribution in [1.82, 2.24) is 20.2 Å². The molecule has 0 unspecified atom stereocenters. The highest BCUT2D eigenvalue weighted by atomic mass is 32.2. The van der Waals surface area contributed by atoms with Crippen LogP contribution in [0.25, 0.3) is 10.7 Å². The van der Waals surface area contributed by atoms with E-state index in [1.54, 1.807) is 11.6 Å². The molecule has 0 atom stereocenters. The molecule has 0 radical (unpaired) electrons. The number of amides is 1. The number of thiophene rings is 1. The van der Waals surface area contributed by atoms with Crippen LogP contribution in [0.15, 0.2) is 39.7 Å². The highest BCUT2D eigenvalue weighted by Crippen LogP contribution is 2.33. The second-order valence-electron chi connectivity index (χ2n) is 4.65. The lowest BCUT2D eigenvalue weighted by molar-refractivity contribution is 0.0705. The predicted octanol–water partition coefficient (Wildman–Crippen LogP) is 3.09. The third-order valence-electron chi connectivity index (χ3n) is 3.13. The first-order valence-corrected chi connectivity index (χ1v) is 8.25. The molecular weight excluding hydrogens is 358 g/mol. The van der Waals surface area contributed by atoms with Crippen LogP contribution in [0, 0.1) is 11.6 Å². The highest BCUT2D eigenvalue weighted by Gasteiger charge is 2.19. The molecule has 0 fully saturated rings. The summed E-state index contributed by atoms with van der Waals surface area (Å²) in [6.45, 7) is 0. The zero-order valence-electron chi connectivity index (χ0n) is 12.2. The zero-order valence-corrected chi connectivity index (χ0v) is 13.8. The van der Waals surface area contributed by atoms with Gasteiger partial charge >= 0.3 is 0 Å². The van der Waals surface area contributed by atoms with E-state index in [4.69, 9.17) is 5.21 Å². The Bertz CT molecular complexity index is 873.